The summed E-state index contributed by atoms with van der Waals surface area (Å²) in [6.45, 7) is 0.895. The molecule has 2 aromatic rings. The second-order valence-corrected chi connectivity index (χ2v) is 7.86. The second-order valence-electron chi connectivity index (χ2n) is 5.82. The summed E-state index contributed by atoms with van der Waals surface area (Å²) in [6, 6.07) is 12.0. The van der Waals surface area contributed by atoms with Crippen LogP contribution in [0.3, 0.4) is 0 Å². The number of phenols is 1. The highest BCUT2D eigenvalue weighted by Crippen LogP contribution is 2.17. The van der Waals surface area contributed by atoms with Gasteiger partial charge in [0, 0.05) is 25.2 Å². The Morgan fingerprint density at radius 1 is 1.14 bits per heavy atom. The number of aromatic hydroxyl groups is 1. The molecule has 0 aromatic heterocycles. The maximum Gasteiger partial charge on any atom is 0.255 e. The molecule has 2 aromatic carbocycles. The molecule has 10 heteroatoms. The third-order valence-corrected chi connectivity index (χ3v) is 5.40. The highest BCUT2D eigenvalue weighted by molar-refractivity contribution is 7.89. The van der Waals surface area contributed by atoms with E-state index in [1.807, 2.05) is 0 Å². The molecule has 9 nitrogen and oxygen atoms in total. The minimum Gasteiger partial charge on any atom is -0.507 e. The lowest BCUT2D eigenvalue weighted by molar-refractivity contribution is -0.121. The standard InChI is InChI=1S/C18H20N4O5S/c1-13(23)20-15-7-9-16(10-8-15)28(26,27)22(2)12-18(25)21-19-11-14-5-3-4-6-17(14)24/h3-11,24H,12H2,1-2H3,(H,20,23)(H,21,25)/b19-11+. The molecular weight excluding hydrogens is 384 g/mol. The number of para-hydroxylation sites is 1. The molecule has 28 heavy (non-hydrogen) atoms. The fourth-order valence-electron chi connectivity index (χ4n) is 2.19. The first-order valence-electron chi connectivity index (χ1n) is 8.14. The van der Waals surface area contributed by atoms with Crippen LogP contribution < -0.4 is 10.7 Å². The third kappa shape index (κ3) is 5.63. The Kier molecular flexibility index (Phi) is 6.85. The van der Waals surface area contributed by atoms with E-state index in [0.717, 1.165) is 4.31 Å². The van der Waals surface area contributed by atoms with E-state index in [0.29, 0.717) is 11.3 Å². The molecular formula is C18H20N4O5S. The van der Waals surface area contributed by atoms with Gasteiger partial charge in [0.1, 0.15) is 5.75 Å². The second kappa shape index (κ2) is 9.11. The van der Waals surface area contributed by atoms with Crippen molar-refractivity contribution in [3.8, 4) is 5.75 Å². The molecule has 0 radical (unpaired) electrons. The Morgan fingerprint density at radius 2 is 1.79 bits per heavy atom. The van der Waals surface area contributed by atoms with Crippen LogP contribution in [0.25, 0.3) is 0 Å². The number of hydrazone groups is 1. The minimum atomic E-state index is -3.90. The zero-order valence-corrected chi connectivity index (χ0v) is 16.1. The van der Waals surface area contributed by atoms with Gasteiger partial charge in [0.05, 0.1) is 17.7 Å². The van der Waals surface area contributed by atoms with Gasteiger partial charge in [-0.15, -0.1) is 0 Å². The maximum atomic E-state index is 12.5. The SMILES string of the molecule is CC(=O)Nc1ccc(S(=O)(=O)N(C)CC(=O)N/N=C/c2ccccc2O)cc1. The fourth-order valence-corrected chi connectivity index (χ4v) is 3.31. The number of carbonyl (C=O) groups is 2. The summed E-state index contributed by atoms with van der Waals surface area (Å²) in [5, 5.41) is 15.9. The molecule has 0 heterocycles. The molecule has 2 rings (SSSR count). The fraction of sp³-hybridized carbons (Fsp3) is 0.167. The molecule has 0 aliphatic carbocycles. The number of likely N-dealkylation sites (N-methyl/N-ethyl adjacent to an activating group) is 1. The zero-order chi connectivity index (χ0) is 20.7. The molecule has 0 unspecified atom stereocenters. The molecule has 0 aliphatic heterocycles. The van der Waals surface area contributed by atoms with Gasteiger partial charge >= 0.3 is 0 Å². The van der Waals surface area contributed by atoms with Crippen molar-refractivity contribution in [1.82, 2.24) is 9.73 Å². The number of sulfonamides is 1. The van der Waals surface area contributed by atoms with Crippen LogP contribution in [-0.2, 0) is 19.6 Å². The third-order valence-electron chi connectivity index (χ3n) is 3.58. The van der Waals surface area contributed by atoms with Gasteiger partial charge in [-0.1, -0.05) is 12.1 Å². The van der Waals surface area contributed by atoms with E-state index in [2.05, 4.69) is 15.8 Å². The van der Waals surface area contributed by atoms with E-state index in [1.54, 1.807) is 18.2 Å². The smallest absolute Gasteiger partial charge is 0.255 e. The van der Waals surface area contributed by atoms with E-state index >= 15 is 0 Å². The van der Waals surface area contributed by atoms with Crippen LogP contribution in [-0.4, -0.2) is 49.5 Å². The number of phenolic OH excluding ortho intramolecular Hbond substituents is 1. The summed E-state index contributed by atoms with van der Waals surface area (Å²) in [5.74, 6) is -0.913. The first-order chi connectivity index (χ1) is 13.2. The van der Waals surface area contributed by atoms with Gasteiger partial charge < -0.3 is 10.4 Å². The number of nitrogens with zero attached hydrogens (tertiary/aromatic N) is 2. The summed E-state index contributed by atoms with van der Waals surface area (Å²) >= 11 is 0. The van der Waals surface area contributed by atoms with E-state index in [1.165, 1.54) is 50.5 Å². The maximum absolute atomic E-state index is 12.5. The van der Waals surface area contributed by atoms with Crippen molar-refractivity contribution in [1.29, 1.82) is 0 Å². The van der Waals surface area contributed by atoms with Gasteiger partial charge in [0.15, 0.2) is 0 Å². The largest absolute Gasteiger partial charge is 0.507 e. The molecule has 0 fully saturated rings. The van der Waals surface area contributed by atoms with Gasteiger partial charge in [-0.2, -0.15) is 9.41 Å². The lowest BCUT2D eigenvalue weighted by Crippen LogP contribution is -2.36. The monoisotopic (exact) mass is 404 g/mol. The van der Waals surface area contributed by atoms with Crippen molar-refractivity contribution in [3.05, 3.63) is 54.1 Å². The van der Waals surface area contributed by atoms with Crippen LogP contribution in [0, 0.1) is 0 Å². The van der Waals surface area contributed by atoms with Gasteiger partial charge in [-0.3, -0.25) is 9.59 Å². The van der Waals surface area contributed by atoms with E-state index in [-0.39, 0.29) is 16.6 Å². The number of anilines is 1. The predicted molar refractivity (Wildman–Crippen MR) is 104 cm³/mol. The van der Waals surface area contributed by atoms with Crippen LogP contribution in [0.1, 0.15) is 12.5 Å². The summed E-state index contributed by atoms with van der Waals surface area (Å²) in [6.07, 6.45) is 1.25. The lowest BCUT2D eigenvalue weighted by atomic mass is 10.2. The molecule has 2 amide bonds. The van der Waals surface area contributed by atoms with Crippen molar-refractivity contribution in [2.45, 2.75) is 11.8 Å². The van der Waals surface area contributed by atoms with Crippen LogP contribution in [0.5, 0.6) is 5.75 Å². The number of amides is 2. The summed E-state index contributed by atoms with van der Waals surface area (Å²) in [5.41, 5.74) is 3.08. The first-order valence-corrected chi connectivity index (χ1v) is 9.58. The quantitative estimate of drug-likeness (QED) is 0.471. The van der Waals surface area contributed by atoms with Crippen LogP contribution in [0.4, 0.5) is 5.69 Å². The highest BCUT2D eigenvalue weighted by atomic mass is 32.2. The number of carbonyl (C=O) groups excluding carboxylic acids is 2. The van der Waals surface area contributed by atoms with Crippen LogP contribution >= 0.6 is 0 Å². The number of benzene rings is 2. The van der Waals surface area contributed by atoms with Crippen LogP contribution in [0.15, 0.2) is 58.5 Å². The summed E-state index contributed by atoms with van der Waals surface area (Å²) in [7, 11) is -2.63. The average Bonchev–Trinajstić information content (AvgIpc) is 2.63. The van der Waals surface area contributed by atoms with Crippen molar-refractivity contribution in [2.75, 3.05) is 18.9 Å². The molecule has 0 spiro atoms. The molecule has 0 bridgehead atoms. The van der Waals surface area contributed by atoms with Crippen LogP contribution in [0.2, 0.25) is 0 Å². The number of nitrogens with one attached hydrogen (secondary N) is 2. The summed E-state index contributed by atoms with van der Waals surface area (Å²) in [4.78, 5) is 22.9. The van der Waals surface area contributed by atoms with E-state index in [4.69, 9.17) is 0 Å². The van der Waals surface area contributed by atoms with Crippen molar-refractivity contribution >= 4 is 33.7 Å². The van der Waals surface area contributed by atoms with Gasteiger partial charge in [0.25, 0.3) is 5.91 Å². The van der Waals surface area contributed by atoms with Gasteiger partial charge in [-0.05, 0) is 36.4 Å². The lowest BCUT2D eigenvalue weighted by Gasteiger charge is -2.16. The highest BCUT2D eigenvalue weighted by Gasteiger charge is 2.22. The normalized spacial score (nSPS) is 11.5. The van der Waals surface area contributed by atoms with Gasteiger partial charge in [-0.25, -0.2) is 13.8 Å². The Bertz CT molecular complexity index is 987. The molecule has 0 saturated heterocycles. The molecule has 0 aliphatic rings. The van der Waals surface area contributed by atoms with Gasteiger partial charge in [0.2, 0.25) is 15.9 Å². The molecule has 0 atom stereocenters. The van der Waals surface area contributed by atoms with E-state index < -0.39 is 22.5 Å². The Labute approximate surface area is 162 Å². The zero-order valence-electron chi connectivity index (χ0n) is 15.3. The number of hydrogen-bond acceptors (Lipinski definition) is 6. The van der Waals surface area contributed by atoms with Crippen molar-refractivity contribution < 1.29 is 23.1 Å². The van der Waals surface area contributed by atoms with Crippen molar-refractivity contribution in [2.24, 2.45) is 5.10 Å². The molecule has 148 valence electrons. The minimum absolute atomic E-state index is 0.00269. The Balaban J connectivity index is 1.98. The number of rotatable bonds is 7. The molecule has 3 N–H and O–H groups in total. The molecule has 0 saturated carbocycles. The topological polar surface area (TPSA) is 128 Å². The average molecular weight is 404 g/mol. The number of hydrogen-bond donors (Lipinski definition) is 3. The van der Waals surface area contributed by atoms with E-state index in [9.17, 15) is 23.1 Å². The van der Waals surface area contributed by atoms with Crippen molar-refractivity contribution in [3.63, 3.8) is 0 Å². The first kappa shape index (κ1) is 21.1. The summed E-state index contributed by atoms with van der Waals surface area (Å²) < 4.78 is 25.9. The Hall–Kier alpha value is -3.24. The Morgan fingerprint density at radius 3 is 2.39 bits per heavy atom. The predicted octanol–water partition coefficient (Wildman–Crippen LogP) is 1.12.